The van der Waals surface area contributed by atoms with E-state index >= 15 is 0 Å². The van der Waals surface area contributed by atoms with Crippen LogP contribution in [0.25, 0.3) is 0 Å². The third kappa shape index (κ3) is 5.77. The van der Waals surface area contributed by atoms with Crippen molar-refractivity contribution in [2.24, 2.45) is 0 Å². The molecule has 0 aliphatic carbocycles. The highest BCUT2D eigenvalue weighted by Crippen LogP contribution is 2.30. The van der Waals surface area contributed by atoms with Gasteiger partial charge in [0.25, 0.3) is 5.91 Å². The first-order valence-electron chi connectivity index (χ1n) is 10.6. The zero-order valence-electron chi connectivity index (χ0n) is 18.3. The topological polar surface area (TPSA) is 84.9 Å². The van der Waals surface area contributed by atoms with Gasteiger partial charge in [-0.2, -0.15) is 4.31 Å². The Morgan fingerprint density at radius 2 is 1.87 bits per heavy atom. The molecule has 31 heavy (non-hydrogen) atoms. The number of benzene rings is 2. The summed E-state index contributed by atoms with van der Waals surface area (Å²) in [7, 11) is -3.63. The van der Waals surface area contributed by atoms with Crippen molar-refractivity contribution in [2.75, 3.05) is 25.0 Å². The second kappa shape index (κ2) is 10.2. The highest BCUT2D eigenvalue weighted by molar-refractivity contribution is 7.89. The standard InChI is InChI=1S/C23H30N2O5S/c1-4-29-22-12-11-20(31(27,28)25-13-6-5-7-14-25)16-21(22)24-23(26)18(3)30-19-10-8-9-17(2)15-19/h8-12,15-16,18H,4-7,13-14H2,1-3H3,(H,24,26). The maximum atomic E-state index is 13.0. The molecule has 1 fully saturated rings. The number of amides is 1. The SMILES string of the molecule is CCOc1ccc(S(=O)(=O)N2CCCCC2)cc1NC(=O)C(C)Oc1cccc(C)c1. The van der Waals surface area contributed by atoms with Gasteiger partial charge in [-0.05, 0) is 69.5 Å². The normalized spacial score (nSPS) is 15.8. The number of hydrogen-bond acceptors (Lipinski definition) is 5. The third-order valence-electron chi connectivity index (χ3n) is 5.13. The molecule has 0 radical (unpaired) electrons. The van der Waals surface area contributed by atoms with E-state index in [-0.39, 0.29) is 4.90 Å². The summed E-state index contributed by atoms with van der Waals surface area (Å²) < 4.78 is 38.9. The molecule has 1 aliphatic rings. The van der Waals surface area contributed by atoms with E-state index < -0.39 is 22.0 Å². The van der Waals surface area contributed by atoms with E-state index in [2.05, 4.69) is 5.32 Å². The number of carbonyl (C=O) groups is 1. The first kappa shape index (κ1) is 23.1. The zero-order chi connectivity index (χ0) is 22.4. The van der Waals surface area contributed by atoms with Crippen LogP contribution >= 0.6 is 0 Å². The van der Waals surface area contributed by atoms with E-state index in [0.29, 0.717) is 36.9 Å². The second-order valence-electron chi connectivity index (χ2n) is 7.62. The number of piperidine rings is 1. The summed E-state index contributed by atoms with van der Waals surface area (Å²) in [5, 5.41) is 2.77. The lowest BCUT2D eigenvalue weighted by molar-refractivity contribution is -0.122. The number of hydrogen-bond donors (Lipinski definition) is 1. The van der Waals surface area contributed by atoms with Crippen LogP contribution in [-0.4, -0.2) is 44.4 Å². The van der Waals surface area contributed by atoms with Gasteiger partial charge in [-0.1, -0.05) is 18.6 Å². The van der Waals surface area contributed by atoms with Crippen LogP contribution in [0.1, 0.15) is 38.7 Å². The maximum absolute atomic E-state index is 13.0. The number of anilines is 1. The van der Waals surface area contributed by atoms with Crippen LogP contribution in [0.2, 0.25) is 0 Å². The maximum Gasteiger partial charge on any atom is 0.265 e. The van der Waals surface area contributed by atoms with Crippen molar-refractivity contribution in [3.63, 3.8) is 0 Å². The van der Waals surface area contributed by atoms with Gasteiger partial charge in [0.1, 0.15) is 11.5 Å². The van der Waals surface area contributed by atoms with Gasteiger partial charge in [0.15, 0.2) is 6.10 Å². The molecule has 1 amide bonds. The van der Waals surface area contributed by atoms with Gasteiger partial charge in [-0.25, -0.2) is 8.42 Å². The minimum atomic E-state index is -3.63. The average molecular weight is 447 g/mol. The van der Waals surface area contributed by atoms with Gasteiger partial charge < -0.3 is 14.8 Å². The monoisotopic (exact) mass is 446 g/mol. The lowest BCUT2D eigenvalue weighted by Crippen LogP contribution is -2.35. The van der Waals surface area contributed by atoms with Gasteiger partial charge >= 0.3 is 0 Å². The summed E-state index contributed by atoms with van der Waals surface area (Å²) in [6, 6.07) is 12.0. The molecule has 0 spiro atoms. The fraction of sp³-hybridized carbons (Fsp3) is 0.435. The predicted molar refractivity (Wildman–Crippen MR) is 120 cm³/mol. The molecule has 168 valence electrons. The van der Waals surface area contributed by atoms with Gasteiger partial charge in [-0.3, -0.25) is 4.79 Å². The Bertz CT molecular complexity index is 1020. The largest absolute Gasteiger partial charge is 0.492 e. The van der Waals surface area contributed by atoms with Crippen molar-refractivity contribution < 1.29 is 22.7 Å². The third-order valence-corrected chi connectivity index (χ3v) is 7.03. The highest BCUT2D eigenvalue weighted by atomic mass is 32.2. The average Bonchev–Trinajstić information content (AvgIpc) is 2.75. The predicted octanol–water partition coefficient (Wildman–Crippen LogP) is 3.97. The van der Waals surface area contributed by atoms with E-state index in [1.54, 1.807) is 19.1 Å². The lowest BCUT2D eigenvalue weighted by atomic mass is 10.2. The number of ether oxygens (including phenoxy) is 2. The number of aryl methyl sites for hydroxylation is 1. The first-order chi connectivity index (χ1) is 14.8. The lowest BCUT2D eigenvalue weighted by Gasteiger charge is -2.26. The fourth-order valence-electron chi connectivity index (χ4n) is 3.48. The van der Waals surface area contributed by atoms with Crippen LogP contribution in [0, 0.1) is 6.92 Å². The Kier molecular flexibility index (Phi) is 7.56. The molecule has 0 bridgehead atoms. The summed E-state index contributed by atoms with van der Waals surface area (Å²) in [5.74, 6) is 0.611. The Balaban J connectivity index is 1.81. The quantitative estimate of drug-likeness (QED) is 0.663. The molecule has 1 heterocycles. The van der Waals surface area contributed by atoms with E-state index in [0.717, 1.165) is 24.8 Å². The molecule has 3 rings (SSSR count). The van der Waals surface area contributed by atoms with E-state index in [9.17, 15) is 13.2 Å². The zero-order valence-corrected chi connectivity index (χ0v) is 19.1. The Labute approximate surface area is 184 Å². The van der Waals surface area contributed by atoms with Crippen LogP contribution in [0.5, 0.6) is 11.5 Å². The van der Waals surface area contributed by atoms with Crippen LogP contribution in [-0.2, 0) is 14.8 Å². The summed E-state index contributed by atoms with van der Waals surface area (Å²) in [4.78, 5) is 12.9. The molecular weight excluding hydrogens is 416 g/mol. The number of nitrogens with zero attached hydrogens (tertiary/aromatic N) is 1. The van der Waals surface area contributed by atoms with Crippen LogP contribution in [0.3, 0.4) is 0 Å². The van der Waals surface area contributed by atoms with Crippen molar-refractivity contribution in [3.05, 3.63) is 48.0 Å². The minimum absolute atomic E-state index is 0.139. The minimum Gasteiger partial charge on any atom is -0.492 e. The summed E-state index contributed by atoms with van der Waals surface area (Å²) in [5.41, 5.74) is 1.34. The summed E-state index contributed by atoms with van der Waals surface area (Å²) >= 11 is 0. The van der Waals surface area contributed by atoms with Crippen molar-refractivity contribution in [1.29, 1.82) is 0 Å². The molecule has 2 aromatic rings. The fourth-order valence-corrected chi connectivity index (χ4v) is 5.03. The molecule has 1 N–H and O–H groups in total. The highest BCUT2D eigenvalue weighted by Gasteiger charge is 2.27. The molecule has 1 atom stereocenters. The molecule has 0 saturated carbocycles. The number of nitrogens with one attached hydrogen (secondary N) is 1. The second-order valence-corrected chi connectivity index (χ2v) is 9.56. The van der Waals surface area contributed by atoms with Crippen LogP contribution in [0.15, 0.2) is 47.4 Å². The van der Waals surface area contributed by atoms with Crippen LogP contribution in [0.4, 0.5) is 5.69 Å². The van der Waals surface area contributed by atoms with Gasteiger partial charge in [0.2, 0.25) is 10.0 Å². The van der Waals surface area contributed by atoms with E-state index in [1.807, 2.05) is 32.0 Å². The molecule has 1 saturated heterocycles. The smallest absolute Gasteiger partial charge is 0.265 e. The molecule has 1 aliphatic heterocycles. The first-order valence-corrected chi connectivity index (χ1v) is 12.1. The molecule has 7 nitrogen and oxygen atoms in total. The molecule has 8 heteroatoms. The van der Waals surface area contributed by atoms with Crippen molar-refractivity contribution in [2.45, 2.75) is 51.0 Å². The number of sulfonamides is 1. The van der Waals surface area contributed by atoms with Crippen LogP contribution < -0.4 is 14.8 Å². The molecule has 2 aromatic carbocycles. The summed E-state index contributed by atoms with van der Waals surface area (Å²) in [6.07, 6.45) is 1.97. The molecule has 0 aromatic heterocycles. The van der Waals surface area contributed by atoms with Gasteiger partial charge in [0.05, 0.1) is 17.2 Å². The van der Waals surface area contributed by atoms with Crippen molar-refractivity contribution >= 4 is 21.6 Å². The molecule has 1 unspecified atom stereocenters. The molecular formula is C23H30N2O5S. The van der Waals surface area contributed by atoms with Gasteiger partial charge in [-0.15, -0.1) is 0 Å². The van der Waals surface area contributed by atoms with Crippen molar-refractivity contribution in [3.8, 4) is 11.5 Å². The number of carbonyl (C=O) groups excluding carboxylic acids is 1. The van der Waals surface area contributed by atoms with Gasteiger partial charge in [0, 0.05) is 13.1 Å². The van der Waals surface area contributed by atoms with Crippen molar-refractivity contribution in [1.82, 2.24) is 4.31 Å². The van der Waals surface area contributed by atoms with E-state index in [4.69, 9.17) is 9.47 Å². The number of rotatable bonds is 8. The Morgan fingerprint density at radius 1 is 1.13 bits per heavy atom. The van der Waals surface area contributed by atoms with E-state index in [1.165, 1.54) is 16.4 Å². The Morgan fingerprint density at radius 3 is 2.55 bits per heavy atom. The summed E-state index contributed by atoms with van der Waals surface area (Å²) in [6.45, 7) is 6.83. The Hall–Kier alpha value is -2.58.